The Morgan fingerprint density at radius 1 is 1.30 bits per heavy atom. The highest BCUT2D eigenvalue weighted by Crippen LogP contribution is 2.28. The maximum absolute atomic E-state index is 10.9. The number of ether oxygens (including phenoxy) is 1. The zero-order chi connectivity index (χ0) is 13.9. The molecular weight excluding hydrogens is 258 g/mol. The number of nitrogens with one attached hydrogen (secondary N) is 1. The maximum atomic E-state index is 10.9. The Balaban J connectivity index is 1.96. The summed E-state index contributed by atoms with van der Waals surface area (Å²) in [5.74, 6) is 0.484. The van der Waals surface area contributed by atoms with Crippen LogP contribution in [0.15, 0.2) is 30.5 Å². The number of piperidine rings is 1. The molecule has 0 unspecified atom stereocenters. The summed E-state index contributed by atoms with van der Waals surface area (Å²) in [6.07, 6.45) is 3.64. The number of benzene rings is 1. The molecule has 1 aromatic carbocycles. The molecule has 0 aliphatic carbocycles. The quantitative estimate of drug-likeness (QED) is 0.685. The van der Waals surface area contributed by atoms with Gasteiger partial charge in [-0.25, -0.2) is 4.98 Å². The van der Waals surface area contributed by atoms with E-state index in [0.717, 1.165) is 31.3 Å². The SMILES string of the molecule is O=[N+]([O-])c1ccc2ccnc(OC3CCNCC3)c2c1. The number of non-ortho nitro benzene ring substituents is 1. The Labute approximate surface area is 115 Å². The molecule has 104 valence electrons. The summed E-state index contributed by atoms with van der Waals surface area (Å²) in [7, 11) is 0. The number of pyridine rings is 1. The van der Waals surface area contributed by atoms with E-state index in [1.54, 1.807) is 12.3 Å². The molecule has 1 fully saturated rings. The molecule has 0 amide bonds. The van der Waals surface area contributed by atoms with Crippen molar-refractivity contribution in [2.24, 2.45) is 0 Å². The van der Waals surface area contributed by atoms with E-state index in [4.69, 9.17) is 4.74 Å². The molecule has 6 heteroatoms. The Kier molecular flexibility index (Phi) is 3.47. The van der Waals surface area contributed by atoms with Crippen molar-refractivity contribution in [3.8, 4) is 5.88 Å². The highest BCUT2D eigenvalue weighted by atomic mass is 16.6. The van der Waals surface area contributed by atoms with Crippen molar-refractivity contribution in [2.75, 3.05) is 13.1 Å². The van der Waals surface area contributed by atoms with E-state index in [1.165, 1.54) is 12.1 Å². The Morgan fingerprint density at radius 2 is 2.10 bits per heavy atom. The van der Waals surface area contributed by atoms with E-state index in [1.807, 2.05) is 6.07 Å². The molecule has 20 heavy (non-hydrogen) atoms. The smallest absolute Gasteiger partial charge is 0.270 e. The first-order valence-electron chi connectivity index (χ1n) is 6.64. The topological polar surface area (TPSA) is 77.3 Å². The zero-order valence-electron chi connectivity index (χ0n) is 10.9. The molecule has 1 aliphatic heterocycles. The standard InChI is InChI=1S/C14H15N3O3/c18-17(19)11-2-1-10-3-8-16-14(13(10)9-11)20-12-4-6-15-7-5-12/h1-3,8-9,12,15H,4-7H2. The Bertz CT molecular complexity index is 639. The van der Waals surface area contributed by atoms with E-state index < -0.39 is 4.92 Å². The molecule has 6 nitrogen and oxygen atoms in total. The molecule has 1 N–H and O–H groups in total. The fraction of sp³-hybridized carbons (Fsp3) is 0.357. The lowest BCUT2D eigenvalue weighted by Crippen LogP contribution is -2.34. The number of nitro benzene ring substituents is 1. The first kappa shape index (κ1) is 12.8. The van der Waals surface area contributed by atoms with Gasteiger partial charge in [-0.1, -0.05) is 0 Å². The second-order valence-corrected chi connectivity index (χ2v) is 4.85. The number of nitrogens with zero attached hydrogens (tertiary/aromatic N) is 2. The van der Waals surface area contributed by atoms with Crippen LogP contribution in [0.3, 0.4) is 0 Å². The molecule has 2 aromatic rings. The minimum atomic E-state index is -0.402. The monoisotopic (exact) mass is 273 g/mol. The predicted molar refractivity (Wildman–Crippen MR) is 74.9 cm³/mol. The van der Waals surface area contributed by atoms with E-state index in [9.17, 15) is 10.1 Å². The first-order valence-corrected chi connectivity index (χ1v) is 6.64. The fourth-order valence-electron chi connectivity index (χ4n) is 2.41. The molecule has 1 aromatic heterocycles. The average molecular weight is 273 g/mol. The minimum Gasteiger partial charge on any atom is -0.474 e. The molecule has 2 heterocycles. The lowest BCUT2D eigenvalue weighted by atomic mass is 10.1. The van der Waals surface area contributed by atoms with Crippen LogP contribution in [0.5, 0.6) is 5.88 Å². The number of hydrogen-bond acceptors (Lipinski definition) is 5. The van der Waals surface area contributed by atoms with Crippen LogP contribution in [0.4, 0.5) is 5.69 Å². The summed E-state index contributed by atoms with van der Waals surface area (Å²) in [6, 6.07) is 6.58. The summed E-state index contributed by atoms with van der Waals surface area (Å²) >= 11 is 0. The summed E-state index contributed by atoms with van der Waals surface area (Å²) in [5, 5.41) is 15.7. The van der Waals surface area contributed by atoms with Gasteiger partial charge in [0.1, 0.15) is 6.10 Å². The van der Waals surface area contributed by atoms with Gasteiger partial charge in [-0.3, -0.25) is 10.1 Å². The maximum Gasteiger partial charge on any atom is 0.270 e. The zero-order valence-corrected chi connectivity index (χ0v) is 10.9. The third-order valence-electron chi connectivity index (χ3n) is 3.49. The second-order valence-electron chi connectivity index (χ2n) is 4.85. The van der Waals surface area contributed by atoms with Crippen LogP contribution in [0, 0.1) is 10.1 Å². The number of rotatable bonds is 3. The van der Waals surface area contributed by atoms with Crippen molar-refractivity contribution in [3.05, 3.63) is 40.6 Å². The largest absolute Gasteiger partial charge is 0.474 e. The summed E-state index contributed by atoms with van der Waals surface area (Å²) < 4.78 is 5.93. The van der Waals surface area contributed by atoms with Gasteiger partial charge in [0.05, 0.1) is 10.3 Å². The van der Waals surface area contributed by atoms with Crippen LogP contribution < -0.4 is 10.1 Å². The molecule has 1 saturated heterocycles. The third kappa shape index (κ3) is 2.55. The van der Waals surface area contributed by atoms with Crippen molar-refractivity contribution in [1.82, 2.24) is 10.3 Å². The van der Waals surface area contributed by atoms with Gasteiger partial charge in [0, 0.05) is 18.3 Å². The van der Waals surface area contributed by atoms with Crippen LogP contribution in [-0.2, 0) is 0 Å². The molecule has 1 aliphatic rings. The van der Waals surface area contributed by atoms with Gasteiger partial charge in [-0.15, -0.1) is 0 Å². The number of aromatic nitrogens is 1. The molecule has 3 rings (SSSR count). The van der Waals surface area contributed by atoms with Crippen LogP contribution >= 0.6 is 0 Å². The molecular formula is C14H15N3O3. The lowest BCUT2D eigenvalue weighted by Gasteiger charge is -2.23. The van der Waals surface area contributed by atoms with Crippen LogP contribution in [0.2, 0.25) is 0 Å². The van der Waals surface area contributed by atoms with Gasteiger partial charge in [0.15, 0.2) is 0 Å². The van der Waals surface area contributed by atoms with Gasteiger partial charge in [0.2, 0.25) is 5.88 Å². The van der Waals surface area contributed by atoms with E-state index in [-0.39, 0.29) is 11.8 Å². The second kappa shape index (κ2) is 5.42. The van der Waals surface area contributed by atoms with Crippen LogP contribution in [0.25, 0.3) is 10.8 Å². The number of fused-ring (bicyclic) bond motifs is 1. The minimum absolute atomic E-state index is 0.0562. The Hall–Kier alpha value is -2.21. The van der Waals surface area contributed by atoms with Crippen molar-refractivity contribution in [3.63, 3.8) is 0 Å². The lowest BCUT2D eigenvalue weighted by molar-refractivity contribution is -0.384. The van der Waals surface area contributed by atoms with Crippen LogP contribution in [-0.4, -0.2) is 29.1 Å². The Morgan fingerprint density at radius 3 is 2.85 bits per heavy atom. The average Bonchev–Trinajstić information content (AvgIpc) is 2.48. The highest BCUT2D eigenvalue weighted by Gasteiger charge is 2.17. The predicted octanol–water partition coefficient (Wildman–Crippen LogP) is 2.27. The van der Waals surface area contributed by atoms with E-state index in [0.29, 0.717) is 11.3 Å². The van der Waals surface area contributed by atoms with Gasteiger partial charge in [-0.2, -0.15) is 0 Å². The van der Waals surface area contributed by atoms with Gasteiger partial charge < -0.3 is 10.1 Å². The molecule has 0 spiro atoms. The number of hydrogen-bond donors (Lipinski definition) is 1. The summed E-state index contributed by atoms with van der Waals surface area (Å²) in [6.45, 7) is 1.85. The molecule has 0 saturated carbocycles. The molecule has 0 bridgehead atoms. The molecule has 0 radical (unpaired) electrons. The third-order valence-corrected chi connectivity index (χ3v) is 3.49. The number of nitro groups is 1. The van der Waals surface area contributed by atoms with E-state index >= 15 is 0 Å². The highest BCUT2D eigenvalue weighted by molar-refractivity contribution is 5.88. The van der Waals surface area contributed by atoms with Crippen molar-refractivity contribution >= 4 is 16.5 Å². The van der Waals surface area contributed by atoms with E-state index in [2.05, 4.69) is 10.3 Å². The summed E-state index contributed by atoms with van der Waals surface area (Å²) in [4.78, 5) is 14.7. The normalized spacial score (nSPS) is 16.2. The van der Waals surface area contributed by atoms with Crippen molar-refractivity contribution < 1.29 is 9.66 Å². The summed E-state index contributed by atoms with van der Waals surface area (Å²) in [5.41, 5.74) is 0.0562. The van der Waals surface area contributed by atoms with Gasteiger partial charge >= 0.3 is 0 Å². The molecule has 0 atom stereocenters. The van der Waals surface area contributed by atoms with Crippen LogP contribution in [0.1, 0.15) is 12.8 Å². The first-order chi connectivity index (χ1) is 9.74. The fourth-order valence-corrected chi connectivity index (χ4v) is 2.41. The van der Waals surface area contributed by atoms with Gasteiger partial charge in [-0.05, 0) is 43.5 Å². The van der Waals surface area contributed by atoms with Crippen molar-refractivity contribution in [2.45, 2.75) is 18.9 Å². The van der Waals surface area contributed by atoms with Gasteiger partial charge in [0.25, 0.3) is 5.69 Å². The van der Waals surface area contributed by atoms with Crippen molar-refractivity contribution in [1.29, 1.82) is 0 Å².